The average Bonchev–Trinajstić information content (AvgIpc) is 2.78. The van der Waals surface area contributed by atoms with Gasteiger partial charge in [-0.25, -0.2) is 0 Å². The molecule has 0 bridgehead atoms. The lowest BCUT2D eigenvalue weighted by Gasteiger charge is -2.32. The second kappa shape index (κ2) is 6.79. The van der Waals surface area contributed by atoms with E-state index in [9.17, 15) is 0 Å². The summed E-state index contributed by atoms with van der Waals surface area (Å²) in [4.78, 5) is 0. The van der Waals surface area contributed by atoms with E-state index in [1.165, 1.54) is 11.1 Å². The van der Waals surface area contributed by atoms with E-state index in [0.29, 0.717) is 0 Å². The Hall–Kier alpha value is -1.29. The van der Waals surface area contributed by atoms with Crippen LogP contribution < -0.4 is 0 Å². The Morgan fingerprint density at radius 2 is 1.28 bits per heavy atom. The molecule has 2 nitrogen and oxygen atoms in total. The van der Waals surface area contributed by atoms with Gasteiger partial charge in [-0.15, -0.1) is 0 Å². The summed E-state index contributed by atoms with van der Waals surface area (Å²) in [7, 11) is -0.258. The Kier molecular flexibility index (Phi) is 5.03. The predicted molar refractivity (Wildman–Crippen MR) is 105 cm³/mol. The SMILES string of the molecule is C[C@@H](B1OC(C)(C)C(C)(C)O1)[C@@H](c1ccccc1)c1ccc(Cl)cc1. The Labute approximate surface area is 156 Å². The molecule has 3 rings (SSSR count). The first kappa shape index (κ1) is 18.5. The highest BCUT2D eigenvalue weighted by Crippen LogP contribution is 2.45. The molecule has 2 aromatic rings. The fourth-order valence-electron chi connectivity index (χ4n) is 3.39. The molecule has 4 heteroatoms. The van der Waals surface area contributed by atoms with Crippen molar-refractivity contribution in [3.63, 3.8) is 0 Å². The maximum atomic E-state index is 6.33. The summed E-state index contributed by atoms with van der Waals surface area (Å²) >= 11 is 6.09. The van der Waals surface area contributed by atoms with E-state index < -0.39 is 0 Å². The molecular formula is C21H26BClO2. The molecule has 1 aliphatic rings. The lowest BCUT2D eigenvalue weighted by Crippen LogP contribution is -2.41. The number of benzene rings is 2. The topological polar surface area (TPSA) is 18.5 Å². The van der Waals surface area contributed by atoms with Gasteiger partial charge in [-0.1, -0.05) is 61.0 Å². The minimum atomic E-state index is -0.326. The van der Waals surface area contributed by atoms with Crippen LogP contribution >= 0.6 is 11.6 Å². The monoisotopic (exact) mass is 356 g/mol. The van der Waals surface area contributed by atoms with E-state index in [-0.39, 0.29) is 30.1 Å². The molecular weight excluding hydrogens is 330 g/mol. The molecule has 0 radical (unpaired) electrons. The summed E-state index contributed by atoms with van der Waals surface area (Å²) in [5, 5.41) is 0.749. The molecule has 1 fully saturated rings. The van der Waals surface area contributed by atoms with Gasteiger partial charge in [-0.3, -0.25) is 0 Å². The molecule has 0 aliphatic carbocycles. The summed E-state index contributed by atoms with van der Waals surface area (Å²) in [5.74, 6) is 0.331. The van der Waals surface area contributed by atoms with Gasteiger partial charge in [-0.2, -0.15) is 0 Å². The van der Waals surface area contributed by atoms with Gasteiger partial charge in [0.15, 0.2) is 0 Å². The van der Waals surface area contributed by atoms with Crippen molar-refractivity contribution in [2.45, 2.75) is 57.6 Å². The van der Waals surface area contributed by atoms with Crippen molar-refractivity contribution < 1.29 is 9.31 Å². The zero-order valence-electron chi connectivity index (χ0n) is 15.6. The molecule has 0 unspecified atom stereocenters. The van der Waals surface area contributed by atoms with Crippen LogP contribution in [0.1, 0.15) is 51.7 Å². The van der Waals surface area contributed by atoms with E-state index in [0.717, 1.165) is 5.02 Å². The third-order valence-corrected chi connectivity index (χ3v) is 5.87. The van der Waals surface area contributed by atoms with Crippen LogP contribution in [0.25, 0.3) is 0 Å². The highest BCUT2D eigenvalue weighted by atomic mass is 35.5. The number of halogens is 1. The Morgan fingerprint density at radius 3 is 1.80 bits per heavy atom. The van der Waals surface area contributed by atoms with E-state index in [1.54, 1.807) is 0 Å². The van der Waals surface area contributed by atoms with Gasteiger partial charge in [0, 0.05) is 16.8 Å². The van der Waals surface area contributed by atoms with Crippen LogP contribution in [-0.4, -0.2) is 18.3 Å². The normalized spacial score (nSPS) is 21.1. The van der Waals surface area contributed by atoms with Crippen LogP contribution in [-0.2, 0) is 9.31 Å². The third kappa shape index (κ3) is 3.64. The minimum Gasteiger partial charge on any atom is -0.403 e. The van der Waals surface area contributed by atoms with Crippen LogP contribution in [0.3, 0.4) is 0 Å². The van der Waals surface area contributed by atoms with E-state index in [4.69, 9.17) is 20.9 Å². The second-order valence-electron chi connectivity index (χ2n) is 7.92. The van der Waals surface area contributed by atoms with Gasteiger partial charge >= 0.3 is 7.12 Å². The fraction of sp³-hybridized carbons (Fsp3) is 0.429. The van der Waals surface area contributed by atoms with Crippen LogP contribution in [0.2, 0.25) is 10.8 Å². The van der Waals surface area contributed by atoms with Crippen molar-refractivity contribution in [3.05, 3.63) is 70.7 Å². The quantitative estimate of drug-likeness (QED) is 0.630. The molecule has 2 atom stereocenters. The Bertz CT molecular complexity index is 696. The van der Waals surface area contributed by atoms with Crippen LogP contribution in [0.15, 0.2) is 54.6 Å². The maximum Gasteiger partial charge on any atom is 0.461 e. The van der Waals surface area contributed by atoms with Crippen molar-refractivity contribution in [3.8, 4) is 0 Å². The summed E-state index contributed by atoms with van der Waals surface area (Å²) in [6.45, 7) is 10.6. The highest BCUT2D eigenvalue weighted by molar-refractivity contribution is 6.47. The Morgan fingerprint density at radius 1 is 0.800 bits per heavy atom. The molecule has 2 aromatic carbocycles. The van der Waals surface area contributed by atoms with E-state index in [2.05, 4.69) is 71.0 Å². The maximum absolute atomic E-state index is 6.33. The van der Waals surface area contributed by atoms with Gasteiger partial charge in [0.1, 0.15) is 0 Å². The highest BCUT2D eigenvalue weighted by Gasteiger charge is 2.54. The van der Waals surface area contributed by atoms with Gasteiger partial charge in [-0.05, 0) is 51.0 Å². The number of rotatable bonds is 4. The first-order valence-corrected chi connectivity index (χ1v) is 9.25. The molecule has 0 amide bonds. The molecule has 132 valence electrons. The van der Waals surface area contributed by atoms with Crippen molar-refractivity contribution in [2.75, 3.05) is 0 Å². The third-order valence-electron chi connectivity index (χ3n) is 5.61. The zero-order valence-corrected chi connectivity index (χ0v) is 16.4. The smallest absolute Gasteiger partial charge is 0.403 e. The Balaban J connectivity index is 1.96. The molecule has 25 heavy (non-hydrogen) atoms. The second-order valence-corrected chi connectivity index (χ2v) is 8.36. The van der Waals surface area contributed by atoms with Crippen molar-refractivity contribution in [1.82, 2.24) is 0 Å². The molecule has 0 spiro atoms. The average molecular weight is 357 g/mol. The van der Waals surface area contributed by atoms with Crippen LogP contribution in [0.4, 0.5) is 0 Å². The molecule has 1 aliphatic heterocycles. The predicted octanol–water partition coefficient (Wildman–Crippen LogP) is 5.95. The summed E-state index contributed by atoms with van der Waals surface area (Å²) < 4.78 is 12.7. The van der Waals surface area contributed by atoms with Gasteiger partial charge in [0.2, 0.25) is 0 Å². The zero-order chi connectivity index (χ0) is 18.2. The summed E-state index contributed by atoms with van der Waals surface area (Å²) in [6, 6.07) is 18.6. The van der Waals surface area contributed by atoms with Gasteiger partial charge < -0.3 is 9.31 Å². The lowest BCUT2D eigenvalue weighted by atomic mass is 9.62. The van der Waals surface area contributed by atoms with Crippen molar-refractivity contribution in [2.24, 2.45) is 0 Å². The summed E-state index contributed by atoms with van der Waals surface area (Å²) in [5.41, 5.74) is 1.82. The standard InChI is InChI=1S/C21H26BClO2/c1-15(22-24-20(2,3)21(4,5)25-22)19(16-9-7-6-8-10-16)17-11-13-18(23)14-12-17/h6-15,19H,1-5H3/t15-,19+/m1/s1. The molecule has 0 aromatic heterocycles. The van der Waals surface area contributed by atoms with Crippen molar-refractivity contribution in [1.29, 1.82) is 0 Å². The first-order chi connectivity index (χ1) is 11.7. The molecule has 1 saturated heterocycles. The lowest BCUT2D eigenvalue weighted by molar-refractivity contribution is 0.00578. The largest absolute Gasteiger partial charge is 0.461 e. The molecule has 0 N–H and O–H groups in total. The minimum absolute atomic E-state index is 0.157. The molecule has 1 heterocycles. The first-order valence-electron chi connectivity index (χ1n) is 8.87. The van der Waals surface area contributed by atoms with Crippen LogP contribution in [0.5, 0.6) is 0 Å². The van der Waals surface area contributed by atoms with Crippen LogP contribution in [0, 0.1) is 0 Å². The fourth-order valence-corrected chi connectivity index (χ4v) is 3.52. The van der Waals surface area contributed by atoms with Gasteiger partial charge in [0.05, 0.1) is 11.2 Å². The number of hydrogen-bond acceptors (Lipinski definition) is 2. The van der Waals surface area contributed by atoms with E-state index in [1.807, 2.05) is 18.2 Å². The van der Waals surface area contributed by atoms with Crippen molar-refractivity contribution >= 4 is 18.7 Å². The number of hydrogen-bond donors (Lipinski definition) is 0. The van der Waals surface area contributed by atoms with E-state index >= 15 is 0 Å². The summed E-state index contributed by atoms with van der Waals surface area (Å²) in [6.07, 6.45) is 0. The molecule has 0 saturated carbocycles. The van der Waals surface area contributed by atoms with Gasteiger partial charge in [0.25, 0.3) is 0 Å².